The molecule has 7 heteroatoms. The van der Waals surface area contributed by atoms with Crippen LogP contribution >= 0.6 is 22.9 Å². The number of aromatic nitrogens is 1. The largest absolute Gasteiger partial charge is 0.343 e. The summed E-state index contributed by atoms with van der Waals surface area (Å²) in [4.78, 5) is 28.1. The first kappa shape index (κ1) is 15.5. The topological polar surface area (TPSA) is 71.1 Å². The molecule has 23 heavy (non-hydrogen) atoms. The number of carbonyl (C=O) groups excluding carboxylic acids is 2. The van der Waals surface area contributed by atoms with Gasteiger partial charge in [-0.15, -0.1) is 0 Å². The maximum Gasteiger partial charge on any atom is 0.251 e. The Morgan fingerprint density at radius 1 is 1.13 bits per heavy atom. The van der Waals surface area contributed by atoms with Crippen LogP contribution in [0.4, 0.5) is 5.13 Å². The number of nitrogens with zero attached hydrogens (tertiary/aromatic N) is 1. The Morgan fingerprint density at radius 3 is 2.74 bits per heavy atom. The number of rotatable bonds is 4. The van der Waals surface area contributed by atoms with Gasteiger partial charge in [-0.1, -0.05) is 41.1 Å². The minimum Gasteiger partial charge on any atom is -0.343 e. The molecule has 0 saturated carbocycles. The maximum atomic E-state index is 11.9. The third-order valence-electron chi connectivity index (χ3n) is 3.04. The zero-order valence-electron chi connectivity index (χ0n) is 11.9. The van der Waals surface area contributed by atoms with Gasteiger partial charge in [0.1, 0.15) is 0 Å². The molecule has 0 bridgehead atoms. The molecule has 0 saturated heterocycles. The number of carbonyl (C=O) groups is 2. The summed E-state index contributed by atoms with van der Waals surface area (Å²) in [7, 11) is 0. The highest BCUT2D eigenvalue weighted by Gasteiger charge is 2.10. The second kappa shape index (κ2) is 6.76. The zero-order chi connectivity index (χ0) is 16.2. The summed E-state index contributed by atoms with van der Waals surface area (Å²) in [6, 6.07) is 14.1. The molecular formula is C16H12ClN3O2S. The average Bonchev–Trinajstić information content (AvgIpc) is 2.94. The van der Waals surface area contributed by atoms with Gasteiger partial charge in [-0.2, -0.15) is 0 Å². The minimum atomic E-state index is -0.355. The van der Waals surface area contributed by atoms with E-state index in [1.165, 1.54) is 11.3 Å². The van der Waals surface area contributed by atoms with E-state index in [9.17, 15) is 9.59 Å². The van der Waals surface area contributed by atoms with Gasteiger partial charge >= 0.3 is 0 Å². The van der Waals surface area contributed by atoms with Gasteiger partial charge in [-0.25, -0.2) is 4.98 Å². The van der Waals surface area contributed by atoms with Gasteiger partial charge in [-0.05, 0) is 30.3 Å². The fourth-order valence-electron chi connectivity index (χ4n) is 1.98. The number of hydrogen-bond acceptors (Lipinski definition) is 4. The van der Waals surface area contributed by atoms with Crippen LogP contribution in [-0.4, -0.2) is 23.3 Å². The van der Waals surface area contributed by atoms with Crippen molar-refractivity contribution in [3.8, 4) is 0 Å². The summed E-state index contributed by atoms with van der Waals surface area (Å²) in [5.74, 6) is -0.689. The third-order valence-corrected chi connectivity index (χ3v) is 4.22. The van der Waals surface area contributed by atoms with E-state index in [-0.39, 0.29) is 18.4 Å². The standard InChI is InChI=1S/C16H12ClN3O2S/c17-11-5-3-4-10(8-11)15(22)18-9-14(21)20-16-19-12-6-1-2-7-13(12)23-16/h1-8H,9H2,(H,18,22)(H,19,20,21). The predicted octanol–water partition coefficient (Wildman–Crippen LogP) is 3.32. The van der Waals surface area contributed by atoms with E-state index in [4.69, 9.17) is 11.6 Å². The lowest BCUT2D eigenvalue weighted by molar-refractivity contribution is -0.115. The van der Waals surface area contributed by atoms with E-state index < -0.39 is 0 Å². The van der Waals surface area contributed by atoms with Crippen LogP contribution in [0.5, 0.6) is 0 Å². The predicted molar refractivity (Wildman–Crippen MR) is 92.0 cm³/mol. The van der Waals surface area contributed by atoms with Crippen LogP contribution in [-0.2, 0) is 4.79 Å². The number of fused-ring (bicyclic) bond motifs is 1. The molecule has 0 aliphatic heterocycles. The van der Waals surface area contributed by atoms with E-state index >= 15 is 0 Å². The van der Waals surface area contributed by atoms with Crippen LogP contribution in [0.25, 0.3) is 10.2 Å². The highest BCUT2D eigenvalue weighted by atomic mass is 35.5. The number of hydrogen-bond donors (Lipinski definition) is 2. The molecule has 116 valence electrons. The summed E-state index contributed by atoms with van der Waals surface area (Å²) >= 11 is 7.22. The smallest absolute Gasteiger partial charge is 0.251 e. The van der Waals surface area contributed by atoms with Crippen LogP contribution in [0.3, 0.4) is 0 Å². The number of halogens is 1. The molecule has 1 heterocycles. The maximum absolute atomic E-state index is 11.9. The monoisotopic (exact) mass is 345 g/mol. The summed E-state index contributed by atoms with van der Waals surface area (Å²) in [6.07, 6.45) is 0. The Morgan fingerprint density at radius 2 is 1.96 bits per heavy atom. The molecule has 2 aromatic carbocycles. The van der Waals surface area contributed by atoms with E-state index in [1.54, 1.807) is 24.3 Å². The molecule has 2 N–H and O–H groups in total. The van der Waals surface area contributed by atoms with Gasteiger partial charge in [0.15, 0.2) is 5.13 Å². The van der Waals surface area contributed by atoms with Gasteiger partial charge in [0.25, 0.3) is 5.91 Å². The molecule has 3 aromatic rings. The molecule has 0 radical (unpaired) electrons. The van der Waals surface area contributed by atoms with Crippen molar-refractivity contribution in [2.24, 2.45) is 0 Å². The molecule has 0 spiro atoms. The SMILES string of the molecule is O=C(CNC(=O)c1cccc(Cl)c1)Nc1nc2ccccc2s1. The van der Waals surface area contributed by atoms with Crippen molar-refractivity contribution in [1.29, 1.82) is 0 Å². The van der Waals surface area contributed by atoms with Crippen molar-refractivity contribution in [2.75, 3.05) is 11.9 Å². The van der Waals surface area contributed by atoms with Gasteiger partial charge in [-0.3, -0.25) is 9.59 Å². The summed E-state index contributed by atoms with van der Waals surface area (Å²) in [6.45, 7) is -0.138. The van der Waals surface area contributed by atoms with Gasteiger partial charge in [0.05, 0.1) is 16.8 Å². The second-order valence-corrected chi connectivity index (χ2v) is 6.20. The molecule has 0 aliphatic rings. The summed E-state index contributed by atoms with van der Waals surface area (Å²) in [5, 5.41) is 6.20. The highest BCUT2D eigenvalue weighted by Crippen LogP contribution is 2.25. The molecule has 0 atom stereocenters. The van der Waals surface area contributed by atoms with Crippen molar-refractivity contribution < 1.29 is 9.59 Å². The summed E-state index contributed by atoms with van der Waals surface area (Å²) in [5.41, 5.74) is 1.24. The average molecular weight is 346 g/mol. The Labute approximate surface area is 141 Å². The molecule has 5 nitrogen and oxygen atoms in total. The second-order valence-electron chi connectivity index (χ2n) is 4.73. The molecule has 0 aliphatic carbocycles. The third kappa shape index (κ3) is 3.85. The highest BCUT2D eigenvalue weighted by molar-refractivity contribution is 7.22. The molecule has 3 rings (SSSR count). The molecule has 0 fully saturated rings. The fraction of sp³-hybridized carbons (Fsp3) is 0.0625. The number of para-hydroxylation sites is 1. The van der Waals surface area contributed by atoms with E-state index in [0.717, 1.165) is 10.2 Å². The van der Waals surface area contributed by atoms with Crippen LogP contribution < -0.4 is 10.6 Å². The number of benzene rings is 2. The lowest BCUT2D eigenvalue weighted by Crippen LogP contribution is -2.32. The van der Waals surface area contributed by atoms with E-state index in [0.29, 0.717) is 15.7 Å². The normalized spacial score (nSPS) is 10.5. The van der Waals surface area contributed by atoms with E-state index in [1.807, 2.05) is 24.3 Å². The Bertz CT molecular complexity index is 845. The van der Waals surface area contributed by atoms with Gasteiger partial charge in [0.2, 0.25) is 5.91 Å². The van der Waals surface area contributed by atoms with Crippen molar-refractivity contribution in [3.05, 3.63) is 59.1 Å². The lowest BCUT2D eigenvalue weighted by Gasteiger charge is -2.05. The van der Waals surface area contributed by atoms with Crippen molar-refractivity contribution in [2.45, 2.75) is 0 Å². The fourth-order valence-corrected chi connectivity index (χ4v) is 3.05. The first-order valence-electron chi connectivity index (χ1n) is 6.81. The molecular weight excluding hydrogens is 334 g/mol. The summed E-state index contributed by atoms with van der Waals surface area (Å²) < 4.78 is 0.991. The van der Waals surface area contributed by atoms with Crippen LogP contribution in [0.2, 0.25) is 5.02 Å². The van der Waals surface area contributed by atoms with Crippen LogP contribution in [0.15, 0.2) is 48.5 Å². The Balaban J connectivity index is 1.58. The zero-order valence-corrected chi connectivity index (χ0v) is 13.4. The molecule has 0 unspecified atom stereocenters. The number of nitrogens with one attached hydrogen (secondary N) is 2. The number of anilines is 1. The van der Waals surface area contributed by atoms with Crippen molar-refractivity contribution in [1.82, 2.24) is 10.3 Å². The number of thiazole rings is 1. The number of amides is 2. The van der Waals surface area contributed by atoms with Crippen molar-refractivity contribution >= 4 is 50.1 Å². The minimum absolute atomic E-state index is 0.138. The molecule has 1 aromatic heterocycles. The van der Waals surface area contributed by atoms with Gasteiger partial charge < -0.3 is 10.6 Å². The quantitative estimate of drug-likeness (QED) is 0.762. The Hall–Kier alpha value is -2.44. The van der Waals surface area contributed by atoms with Crippen LogP contribution in [0.1, 0.15) is 10.4 Å². The first-order valence-corrected chi connectivity index (χ1v) is 8.00. The first-order chi connectivity index (χ1) is 11.1. The lowest BCUT2D eigenvalue weighted by atomic mass is 10.2. The van der Waals surface area contributed by atoms with Crippen LogP contribution in [0, 0.1) is 0 Å². The van der Waals surface area contributed by atoms with Gasteiger partial charge in [0, 0.05) is 10.6 Å². The van der Waals surface area contributed by atoms with E-state index in [2.05, 4.69) is 15.6 Å². The Kier molecular flexibility index (Phi) is 4.55. The molecule has 2 amide bonds. The van der Waals surface area contributed by atoms with Crippen molar-refractivity contribution in [3.63, 3.8) is 0 Å².